The van der Waals surface area contributed by atoms with Gasteiger partial charge < -0.3 is 13.3 Å². The molecule has 0 aliphatic heterocycles. The van der Waals surface area contributed by atoms with E-state index >= 15 is 0 Å². The molecular weight excluding hydrogens is 556 g/mol. The van der Waals surface area contributed by atoms with Gasteiger partial charge in [0.1, 0.15) is 12.0 Å². The second-order valence-corrected chi connectivity index (χ2v) is 16.2. The van der Waals surface area contributed by atoms with E-state index in [1.165, 1.54) is 12.8 Å². The molecule has 248 valence electrons. The van der Waals surface area contributed by atoms with Gasteiger partial charge in [0.25, 0.3) is 0 Å². The van der Waals surface area contributed by atoms with Gasteiger partial charge in [-0.1, -0.05) is 111 Å². The fourth-order valence-corrected chi connectivity index (χ4v) is 3.26. The maximum absolute atomic E-state index is 5.31. The van der Waals surface area contributed by atoms with Crippen LogP contribution in [-0.4, -0.2) is 40.4 Å². The van der Waals surface area contributed by atoms with E-state index in [4.69, 9.17) is 13.3 Å². The summed E-state index contributed by atoms with van der Waals surface area (Å²) in [6.07, 6.45) is 6.50. The fraction of sp³-hybridized carbons (Fsp3) is 0.727. The molecule has 0 amide bonds. The summed E-state index contributed by atoms with van der Waals surface area (Å²) >= 11 is 0. The Kier molecular flexibility index (Phi) is 12.4. The van der Waals surface area contributed by atoms with E-state index in [2.05, 4.69) is 126 Å². The first-order chi connectivity index (χ1) is 19.7. The Morgan fingerprint density at radius 2 is 1.25 bits per heavy atom. The van der Waals surface area contributed by atoms with Crippen molar-refractivity contribution in [3.8, 4) is 0 Å². The molecule has 4 heterocycles. The number of nitrogens with zero attached hydrogens (tertiary/aromatic N) is 8. The average molecular weight is 615 g/mol. The third kappa shape index (κ3) is 10.7. The van der Waals surface area contributed by atoms with Gasteiger partial charge in [-0.2, -0.15) is 0 Å². The topological polar surface area (TPSA) is 135 Å². The molecule has 0 aliphatic carbocycles. The summed E-state index contributed by atoms with van der Waals surface area (Å²) in [5.74, 6) is 3.19. The molecule has 0 saturated heterocycles. The lowest BCUT2D eigenvalue weighted by molar-refractivity contribution is 0.190. The molecule has 4 rings (SSSR count). The molecule has 44 heavy (non-hydrogen) atoms. The minimum Gasteiger partial charge on any atom is -0.451 e. The molecule has 4 aromatic rings. The van der Waals surface area contributed by atoms with Gasteiger partial charge in [0.05, 0.1) is 11.9 Å². The number of oxazole rings is 2. The molecule has 0 unspecified atom stereocenters. The normalized spacial score (nSPS) is 12.8. The summed E-state index contributed by atoms with van der Waals surface area (Å²) < 4.78 is 17.2. The van der Waals surface area contributed by atoms with Gasteiger partial charge in [-0.05, 0) is 21.3 Å². The third-order valence-corrected chi connectivity index (χ3v) is 8.33. The molecule has 0 aliphatic rings. The molecule has 11 heteroatoms. The van der Waals surface area contributed by atoms with Gasteiger partial charge in [0.2, 0.25) is 11.8 Å². The van der Waals surface area contributed by atoms with E-state index in [9.17, 15) is 0 Å². The van der Waals surface area contributed by atoms with Crippen LogP contribution in [0.15, 0.2) is 38.5 Å². The van der Waals surface area contributed by atoms with Crippen LogP contribution >= 0.6 is 0 Å². The Hall–Kier alpha value is -3.37. The van der Waals surface area contributed by atoms with Crippen molar-refractivity contribution in [2.24, 2.45) is 17.9 Å². The van der Waals surface area contributed by atoms with Crippen molar-refractivity contribution in [3.63, 3.8) is 0 Å². The van der Waals surface area contributed by atoms with E-state index in [0.717, 1.165) is 17.3 Å². The summed E-state index contributed by atoms with van der Waals surface area (Å²) in [7, 11) is 1.85. The smallest absolute Gasteiger partial charge is 0.221 e. The Bertz CT molecular complexity index is 1300. The third-order valence-electron chi connectivity index (χ3n) is 8.33. The van der Waals surface area contributed by atoms with Crippen LogP contribution in [-0.2, 0) is 28.7 Å². The zero-order valence-corrected chi connectivity index (χ0v) is 30.6. The molecule has 0 atom stereocenters. The van der Waals surface area contributed by atoms with Crippen LogP contribution in [0.4, 0.5) is 0 Å². The highest BCUT2D eigenvalue weighted by atomic mass is 16.4. The van der Waals surface area contributed by atoms with Gasteiger partial charge in [-0.25, -0.2) is 14.6 Å². The van der Waals surface area contributed by atoms with Gasteiger partial charge in [-0.3, -0.25) is 0 Å². The maximum Gasteiger partial charge on any atom is 0.221 e. The minimum absolute atomic E-state index is 0.0265. The molecule has 0 saturated carbocycles. The molecule has 0 bridgehead atoms. The first-order valence-corrected chi connectivity index (χ1v) is 15.0. The number of aryl methyl sites for hydroxylation is 2. The first-order valence-electron chi connectivity index (χ1n) is 15.0. The monoisotopic (exact) mass is 614 g/mol. The molecule has 0 fully saturated rings. The Balaban J connectivity index is 0.000000294. The summed E-state index contributed by atoms with van der Waals surface area (Å²) in [5.41, 5.74) is 1.51. The number of rotatable bonds is 2. The van der Waals surface area contributed by atoms with Gasteiger partial charge in [0, 0.05) is 35.6 Å². The predicted octanol–water partition coefficient (Wildman–Crippen LogP) is 8.18. The van der Waals surface area contributed by atoms with Crippen molar-refractivity contribution >= 4 is 0 Å². The largest absolute Gasteiger partial charge is 0.451 e. The van der Waals surface area contributed by atoms with Crippen LogP contribution in [0.25, 0.3) is 0 Å². The van der Waals surface area contributed by atoms with Crippen LogP contribution in [0.1, 0.15) is 140 Å². The van der Waals surface area contributed by atoms with Gasteiger partial charge in [0.15, 0.2) is 18.6 Å². The summed E-state index contributed by atoms with van der Waals surface area (Å²) in [4.78, 5) is 8.12. The number of tetrazole rings is 1. The van der Waals surface area contributed by atoms with Gasteiger partial charge in [-0.15, -0.1) is 15.3 Å². The van der Waals surface area contributed by atoms with Crippen LogP contribution < -0.4 is 0 Å². The molecule has 0 radical (unpaired) electrons. The van der Waals surface area contributed by atoms with Crippen molar-refractivity contribution in [2.45, 2.75) is 139 Å². The molecule has 0 spiro atoms. The SMILES string of the molecule is CC(C)(C)C(C)(C)c1cnco1.CC(C)(C)C(C)(C)c1cocn1.Cc1nnc(C(C)(C)C)o1.Cn1nnnc1C(C)(C)C. The molecular formula is C33H58N8O3. The standard InChI is InChI=1S/2C10H17NO.C7H12N2O.C6H12N4/c1-9(2,3)10(4,5)8-6-12-7-11-8;1-9(2,3)10(4,5)8-6-11-7-12-8;1-5-8-9-6(10-5)7(2,3)4;1-6(2,3)5-7-8-9-10(5)4/h2*6-7H,1-5H3;2*1-4H3. The number of hydrogen-bond acceptors (Lipinski definition) is 10. The average Bonchev–Trinajstić information content (AvgIpc) is 3.65. The lowest BCUT2D eigenvalue weighted by Crippen LogP contribution is -2.34. The molecule has 11 nitrogen and oxygen atoms in total. The second-order valence-electron chi connectivity index (χ2n) is 16.2. The number of aromatic nitrogens is 8. The van der Waals surface area contributed by atoms with Crippen molar-refractivity contribution in [2.75, 3.05) is 0 Å². The lowest BCUT2D eigenvalue weighted by atomic mass is 9.68. The van der Waals surface area contributed by atoms with Crippen LogP contribution in [0.2, 0.25) is 0 Å². The summed E-state index contributed by atoms with van der Waals surface area (Å²) in [6, 6.07) is 0. The Morgan fingerprint density at radius 3 is 1.52 bits per heavy atom. The molecule has 0 N–H and O–H groups in total. The first kappa shape index (κ1) is 38.7. The fourth-order valence-electron chi connectivity index (χ4n) is 3.26. The van der Waals surface area contributed by atoms with E-state index in [1.54, 1.807) is 24.1 Å². The van der Waals surface area contributed by atoms with E-state index in [0.29, 0.717) is 11.8 Å². The van der Waals surface area contributed by atoms with Crippen LogP contribution in [0.5, 0.6) is 0 Å². The molecule has 4 aromatic heterocycles. The second kappa shape index (κ2) is 14.2. The predicted molar refractivity (Wildman–Crippen MR) is 173 cm³/mol. The van der Waals surface area contributed by atoms with Crippen molar-refractivity contribution < 1.29 is 13.3 Å². The zero-order valence-electron chi connectivity index (χ0n) is 30.6. The molecule has 0 aromatic carbocycles. The lowest BCUT2D eigenvalue weighted by Gasteiger charge is -2.36. The van der Waals surface area contributed by atoms with Crippen molar-refractivity contribution in [1.82, 2.24) is 40.4 Å². The van der Waals surface area contributed by atoms with Crippen LogP contribution in [0, 0.1) is 17.8 Å². The van der Waals surface area contributed by atoms with E-state index in [-0.39, 0.29) is 32.5 Å². The Morgan fingerprint density at radius 1 is 0.682 bits per heavy atom. The Labute approximate surface area is 265 Å². The van der Waals surface area contributed by atoms with Crippen molar-refractivity contribution in [1.29, 1.82) is 0 Å². The highest BCUT2D eigenvalue weighted by molar-refractivity contribution is 5.13. The van der Waals surface area contributed by atoms with E-state index in [1.807, 2.05) is 27.8 Å². The minimum atomic E-state index is -0.0265. The summed E-state index contributed by atoms with van der Waals surface area (Å²) in [5, 5.41) is 18.8. The van der Waals surface area contributed by atoms with Crippen molar-refractivity contribution in [3.05, 3.63) is 54.3 Å². The van der Waals surface area contributed by atoms with E-state index < -0.39 is 0 Å². The van der Waals surface area contributed by atoms with Crippen LogP contribution in [0.3, 0.4) is 0 Å². The maximum atomic E-state index is 5.31. The number of hydrogen-bond donors (Lipinski definition) is 0. The quantitative estimate of drug-likeness (QED) is 0.217. The zero-order chi connectivity index (χ0) is 34.4. The summed E-state index contributed by atoms with van der Waals surface area (Å²) in [6.45, 7) is 36.1. The highest BCUT2D eigenvalue weighted by Gasteiger charge is 2.37. The van der Waals surface area contributed by atoms with Gasteiger partial charge >= 0.3 is 0 Å². The highest BCUT2D eigenvalue weighted by Crippen LogP contribution is 2.41.